The lowest BCUT2D eigenvalue weighted by Crippen LogP contribution is -2.21. The van der Waals surface area contributed by atoms with Gasteiger partial charge < -0.3 is 10.5 Å². The van der Waals surface area contributed by atoms with Gasteiger partial charge in [0.15, 0.2) is 0 Å². The maximum atomic E-state index is 6.21. The van der Waals surface area contributed by atoms with Crippen molar-refractivity contribution >= 4 is 15.9 Å². The SMILES string of the molecule is COc1cc(C2(N)CC2C)ccc1Br. The van der Waals surface area contributed by atoms with Crippen LogP contribution < -0.4 is 10.5 Å². The van der Waals surface area contributed by atoms with Gasteiger partial charge in [0.25, 0.3) is 0 Å². The lowest BCUT2D eigenvalue weighted by molar-refractivity contribution is 0.410. The van der Waals surface area contributed by atoms with Crippen molar-refractivity contribution in [1.82, 2.24) is 0 Å². The molecule has 2 N–H and O–H groups in total. The largest absolute Gasteiger partial charge is 0.496 e. The minimum Gasteiger partial charge on any atom is -0.496 e. The van der Waals surface area contributed by atoms with Gasteiger partial charge in [0.1, 0.15) is 5.75 Å². The summed E-state index contributed by atoms with van der Waals surface area (Å²) in [6, 6.07) is 6.08. The number of ether oxygens (including phenoxy) is 1. The van der Waals surface area contributed by atoms with Crippen LogP contribution in [0.2, 0.25) is 0 Å². The summed E-state index contributed by atoms with van der Waals surface area (Å²) in [4.78, 5) is 0. The number of nitrogens with two attached hydrogens (primary N) is 1. The highest BCUT2D eigenvalue weighted by Crippen LogP contribution is 2.50. The molecule has 2 unspecified atom stereocenters. The minimum absolute atomic E-state index is 0.117. The molecular formula is C11H14BrNO. The first-order valence-electron chi connectivity index (χ1n) is 4.71. The highest BCUT2D eigenvalue weighted by atomic mass is 79.9. The van der Waals surface area contributed by atoms with Crippen molar-refractivity contribution in [2.45, 2.75) is 18.9 Å². The fourth-order valence-corrected chi connectivity index (χ4v) is 2.21. The Morgan fingerprint density at radius 3 is 2.71 bits per heavy atom. The van der Waals surface area contributed by atoms with Crippen molar-refractivity contribution in [2.24, 2.45) is 11.7 Å². The van der Waals surface area contributed by atoms with Crippen molar-refractivity contribution in [3.05, 3.63) is 28.2 Å². The van der Waals surface area contributed by atoms with Crippen LogP contribution in [0.15, 0.2) is 22.7 Å². The van der Waals surface area contributed by atoms with E-state index in [9.17, 15) is 0 Å². The molecule has 3 heteroatoms. The smallest absolute Gasteiger partial charge is 0.133 e. The van der Waals surface area contributed by atoms with E-state index >= 15 is 0 Å². The molecule has 0 bridgehead atoms. The Morgan fingerprint density at radius 2 is 2.21 bits per heavy atom. The maximum Gasteiger partial charge on any atom is 0.133 e. The molecule has 2 atom stereocenters. The van der Waals surface area contributed by atoms with Gasteiger partial charge in [-0.2, -0.15) is 0 Å². The monoisotopic (exact) mass is 255 g/mol. The van der Waals surface area contributed by atoms with E-state index in [0.717, 1.165) is 16.6 Å². The number of hydrogen-bond donors (Lipinski definition) is 1. The number of methoxy groups -OCH3 is 1. The molecule has 14 heavy (non-hydrogen) atoms. The van der Waals surface area contributed by atoms with Crippen LogP contribution in [0.4, 0.5) is 0 Å². The molecule has 1 aromatic carbocycles. The van der Waals surface area contributed by atoms with Crippen LogP contribution in [-0.4, -0.2) is 7.11 Å². The summed E-state index contributed by atoms with van der Waals surface area (Å²) in [7, 11) is 1.67. The quantitative estimate of drug-likeness (QED) is 0.882. The van der Waals surface area contributed by atoms with Crippen LogP contribution in [0.3, 0.4) is 0 Å². The van der Waals surface area contributed by atoms with E-state index in [2.05, 4.69) is 28.9 Å². The van der Waals surface area contributed by atoms with Gasteiger partial charge in [-0.25, -0.2) is 0 Å². The Hall–Kier alpha value is -0.540. The van der Waals surface area contributed by atoms with E-state index < -0.39 is 0 Å². The molecule has 0 saturated heterocycles. The molecule has 0 heterocycles. The lowest BCUT2D eigenvalue weighted by atomic mass is 10.0. The molecule has 76 valence electrons. The predicted molar refractivity (Wildman–Crippen MR) is 60.3 cm³/mol. The van der Waals surface area contributed by atoms with Crippen molar-refractivity contribution in [3.8, 4) is 5.75 Å². The number of rotatable bonds is 2. The highest BCUT2D eigenvalue weighted by Gasteiger charge is 2.49. The molecule has 1 saturated carbocycles. The number of halogens is 1. The second-order valence-corrected chi connectivity index (χ2v) is 4.85. The second kappa shape index (κ2) is 3.24. The summed E-state index contributed by atoms with van der Waals surface area (Å²) < 4.78 is 6.21. The molecule has 1 aliphatic carbocycles. The van der Waals surface area contributed by atoms with E-state index in [4.69, 9.17) is 10.5 Å². The Morgan fingerprint density at radius 1 is 1.57 bits per heavy atom. The van der Waals surface area contributed by atoms with Crippen LogP contribution in [0, 0.1) is 5.92 Å². The molecule has 0 aliphatic heterocycles. The van der Waals surface area contributed by atoms with E-state index in [-0.39, 0.29) is 5.54 Å². The van der Waals surface area contributed by atoms with Gasteiger partial charge in [-0.1, -0.05) is 13.0 Å². The first kappa shape index (κ1) is 9.99. The summed E-state index contributed by atoms with van der Waals surface area (Å²) in [6.07, 6.45) is 1.07. The number of hydrogen-bond acceptors (Lipinski definition) is 2. The van der Waals surface area contributed by atoms with E-state index in [1.165, 1.54) is 5.56 Å². The minimum atomic E-state index is -0.117. The Labute approximate surface area is 92.6 Å². The molecular weight excluding hydrogens is 242 g/mol. The van der Waals surface area contributed by atoms with E-state index in [1.54, 1.807) is 7.11 Å². The van der Waals surface area contributed by atoms with Crippen molar-refractivity contribution < 1.29 is 4.74 Å². The van der Waals surface area contributed by atoms with Crippen LogP contribution in [0.5, 0.6) is 5.75 Å². The fourth-order valence-electron chi connectivity index (χ4n) is 1.80. The van der Waals surface area contributed by atoms with Crippen LogP contribution in [0.1, 0.15) is 18.9 Å². The first-order chi connectivity index (χ1) is 6.58. The van der Waals surface area contributed by atoms with E-state index in [0.29, 0.717) is 5.92 Å². The van der Waals surface area contributed by atoms with Gasteiger partial charge in [-0.05, 0) is 46.0 Å². The van der Waals surface area contributed by atoms with Gasteiger partial charge in [0.2, 0.25) is 0 Å². The average Bonchev–Trinajstić information content (AvgIpc) is 2.76. The Bertz CT molecular complexity index is 366. The fraction of sp³-hybridized carbons (Fsp3) is 0.455. The summed E-state index contributed by atoms with van der Waals surface area (Å²) in [5.41, 5.74) is 7.27. The molecule has 2 nitrogen and oxygen atoms in total. The summed E-state index contributed by atoms with van der Waals surface area (Å²) >= 11 is 3.43. The first-order valence-corrected chi connectivity index (χ1v) is 5.50. The third-order valence-corrected chi connectivity index (χ3v) is 3.71. The van der Waals surface area contributed by atoms with Crippen molar-refractivity contribution in [1.29, 1.82) is 0 Å². The zero-order chi connectivity index (χ0) is 10.3. The molecule has 1 aromatic rings. The zero-order valence-corrected chi connectivity index (χ0v) is 9.97. The summed E-state index contributed by atoms with van der Waals surface area (Å²) in [5, 5.41) is 0. The molecule has 0 amide bonds. The molecule has 1 fully saturated rings. The molecule has 0 radical (unpaired) electrons. The maximum absolute atomic E-state index is 6.21. The van der Waals surface area contributed by atoms with Crippen molar-refractivity contribution in [2.75, 3.05) is 7.11 Å². The van der Waals surface area contributed by atoms with Crippen LogP contribution >= 0.6 is 15.9 Å². The second-order valence-electron chi connectivity index (χ2n) is 3.99. The van der Waals surface area contributed by atoms with Crippen molar-refractivity contribution in [3.63, 3.8) is 0 Å². The molecule has 0 aromatic heterocycles. The highest BCUT2D eigenvalue weighted by molar-refractivity contribution is 9.10. The van der Waals surface area contributed by atoms with Gasteiger partial charge in [0.05, 0.1) is 11.6 Å². The predicted octanol–water partition coefficient (Wildman–Crippen LogP) is 2.65. The van der Waals surface area contributed by atoms with Crippen LogP contribution in [0.25, 0.3) is 0 Å². The normalized spacial score (nSPS) is 30.1. The Kier molecular flexibility index (Phi) is 2.32. The average molecular weight is 256 g/mol. The topological polar surface area (TPSA) is 35.2 Å². The van der Waals surface area contributed by atoms with Crippen LogP contribution in [-0.2, 0) is 5.54 Å². The van der Waals surface area contributed by atoms with E-state index in [1.807, 2.05) is 12.1 Å². The molecule has 0 spiro atoms. The van der Waals surface area contributed by atoms with Gasteiger partial charge in [-0.3, -0.25) is 0 Å². The third kappa shape index (κ3) is 1.44. The molecule has 1 aliphatic rings. The van der Waals surface area contributed by atoms with Gasteiger partial charge >= 0.3 is 0 Å². The third-order valence-electron chi connectivity index (χ3n) is 3.05. The number of benzene rings is 1. The summed E-state index contributed by atoms with van der Waals surface area (Å²) in [5.74, 6) is 1.43. The van der Waals surface area contributed by atoms with Gasteiger partial charge in [0, 0.05) is 5.54 Å². The lowest BCUT2D eigenvalue weighted by Gasteiger charge is -2.13. The summed E-state index contributed by atoms with van der Waals surface area (Å²) in [6.45, 7) is 2.18. The molecule has 2 rings (SSSR count). The standard InChI is InChI=1S/C11H14BrNO/c1-7-6-11(7,13)8-3-4-9(12)10(5-8)14-2/h3-5,7H,6,13H2,1-2H3. The van der Waals surface area contributed by atoms with Gasteiger partial charge in [-0.15, -0.1) is 0 Å². The zero-order valence-electron chi connectivity index (χ0n) is 8.38. The Balaban J connectivity index is 2.37.